The van der Waals surface area contributed by atoms with Gasteiger partial charge >= 0.3 is 0 Å². The largest absolute Gasteiger partial charge is 0.493 e. The number of benzene rings is 2. The average Bonchev–Trinajstić information content (AvgIpc) is 2.97. The molecule has 0 fully saturated rings. The summed E-state index contributed by atoms with van der Waals surface area (Å²) in [6.07, 6.45) is 0.129. The van der Waals surface area contributed by atoms with Crippen LogP contribution in [0.4, 0.5) is 0 Å². The van der Waals surface area contributed by atoms with Crippen LogP contribution in [0.15, 0.2) is 42.5 Å². The normalized spacial score (nSPS) is 16.0. The number of hydrogen-bond acceptors (Lipinski definition) is 4. The van der Waals surface area contributed by atoms with Crippen LogP contribution in [0.5, 0.6) is 17.2 Å². The Labute approximate surface area is 123 Å². The zero-order valence-electron chi connectivity index (χ0n) is 12.0. The molecular weight excluding hydrogens is 268 g/mol. The summed E-state index contributed by atoms with van der Waals surface area (Å²) in [5.41, 5.74) is 1.63. The van der Waals surface area contributed by atoms with Crippen molar-refractivity contribution in [1.29, 1.82) is 0 Å². The highest BCUT2D eigenvalue weighted by Crippen LogP contribution is 2.32. The fourth-order valence-electron chi connectivity index (χ4n) is 2.50. The number of hydrogen-bond donors (Lipinski definition) is 0. The molecule has 1 unspecified atom stereocenters. The van der Waals surface area contributed by atoms with E-state index in [1.54, 1.807) is 32.4 Å². The van der Waals surface area contributed by atoms with E-state index >= 15 is 0 Å². The van der Waals surface area contributed by atoms with Crippen molar-refractivity contribution in [2.75, 3.05) is 14.2 Å². The molecule has 0 saturated heterocycles. The molecule has 0 N–H and O–H groups in total. The second kappa shape index (κ2) is 5.48. The van der Waals surface area contributed by atoms with E-state index in [0.29, 0.717) is 23.5 Å². The second-order valence-corrected chi connectivity index (χ2v) is 4.85. The minimum atomic E-state index is -0.472. The van der Waals surface area contributed by atoms with Gasteiger partial charge in [0.2, 0.25) is 5.78 Å². The van der Waals surface area contributed by atoms with E-state index in [-0.39, 0.29) is 5.78 Å². The van der Waals surface area contributed by atoms with Gasteiger partial charge < -0.3 is 14.2 Å². The quantitative estimate of drug-likeness (QED) is 0.810. The van der Waals surface area contributed by atoms with Crippen LogP contribution in [0, 0.1) is 0 Å². The van der Waals surface area contributed by atoms with Crippen LogP contribution in [0.25, 0.3) is 0 Å². The first-order valence-electron chi connectivity index (χ1n) is 6.73. The number of para-hydroxylation sites is 1. The molecular formula is C17H16O4. The molecule has 0 bridgehead atoms. The van der Waals surface area contributed by atoms with Crippen molar-refractivity contribution in [3.8, 4) is 17.2 Å². The Hall–Kier alpha value is -2.49. The first-order chi connectivity index (χ1) is 10.2. The fourth-order valence-corrected chi connectivity index (χ4v) is 2.50. The van der Waals surface area contributed by atoms with Gasteiger partial charge in [-0.05, 0) is 29.8 Å². The Morgan fingerprint density at radius 1 is 1.10 bits per heavy atom. The topological polar surface area (TPSA) is 44.8 Å². The van der Waals surface area contributed by atoms with Crippen molar-refractivity contribution in [2.24, 2.45) is 0 Å². The van der Waals surface area contributed by atoms with E-state index in [0.717, 1.165) is 11.3 Å². The van der Waals surface area contributed by atoms with Gasteiger partial charge in [0.05, 0.1) is 14.2 Å². The van der Waals surface area contributed by atoms with Crippen molar-refractivity contribution in [2.45, 2.75) is 12.5 Å². The number of fused-ring (bicyclic) bond motifs is 1. The molecule has 0 saturated carbocycles. The summed E-state index contributed by atoms with van der Waals surface area (Å²) in [6.45, 7) is 0. The molecule has 4 heteroatoms. The molecule has 3 rings (SSSR count). The summed E-state index contributed by atoms with van der Waals surface area (Å²) in [7, 11) is 3.12. The molecule has 0 spiro atoms. The number of methoxy groups -OCH3 is 2. The SMILES string of the molecule is COc1ccc(C(=O)C2Cc3ccccc3O2)cc1OC. The number of ketones is 1. The molecule has 2 aromatic rings. The van der Waals surface area contributed by atoms with E-state index in [2.05, 4.69) is 0 Å². The van der Waals surface area contributed by atoms with Gasteiger partial charge in [-0.3, -0.25) is 4.79 Å². The van der Waals surface area contributed by atoms with Crippen molar-refractivity contribution >= 4 is 5.78 Å². The molecule has 4 nitrogen and oxygen atoms in total. The maximum absolute atomic E-state index is 12.6. The third kappa shape index (κ3) is 2.44. The van der Waals surface area contributed by atoms with Gasteiger partial charge in [0, 0.05) is 12.0 Å². The predicted octanol–water partition coefficient (Wildman–Crippen LogP) is 2.89. The summed E-state index contributed by atoms with van der Waals surface area (Å²) >= 11 is 0. The molecule has 1 aliphatic heterocycles. The Bertz CT molecular complexity index is 653. The first kappa shape index (κ1) is 13.5. The predicted molar refractivity (Wildman–Crippen MR) is 78.4 cm³/mol. The van der Waals surface area contributed by atoms with E-state index in [1.165, 1.54) is 0 Å². The molecule has 0 aliphatic carbocycles. The minimum absolute atomic E-state index is 0.0489. The van der Waals surface area contributed by atoms with Gasteiger partial charge in [-0.15, -0.1) is 0 Å². The zero-order chi connectivity index (χ0) is 14.8. The average molecular weight is 284 g/mol. The van der Waals surface area contributed by atoms with Crippen molar-refractivity contribution in [3.63, 3.8) is 0 Å². The number of Topliss-reactive ketones (excluding diaryl/α,β-unsaturated/α-hetero) is 1. The Balaban J connectivity index is 1.84. The summed E-state index contributed by atoms with van der Waals surface area (Å²) in [5, 5.41) is 0. The number of rotatable bonds is 4. The van der Waals surface area contributed by atoms with Gasteiger partial charge in [0.25, 0.3) is 0 Å². The number of carbonyl (C=O) groups excluding carboxylic acids is 1. The van der Waals surface area contributed by atoms with Crippen LogP contribution >= 0.6 is 0 Å². The van der Waals surface area contributed by atoms with Gasteiger partial charge in [0.1, 0.15) is 5.75 Å². The van der Waals surface area contributed by atoms with Gasteiger partial charge in [0.15, 0.2) is 17.6 Å². The first-order valence-corrected chi connectivity index (χ1v) is 6.73. The summed E-state index contributed by atoms with van der Waals surface area (Å²) < 4.78 is 16.1. The van der Waals surface area contributed by atoms with Crippen molar-refractivity contribution < 1.29 is 19.0 Å². The third-order valence-electron chi connectivity index (χ3n) is 3.61. The maximum Gasteiger partial charge on any atom is 0.203 e. The molecule has 0 amide bonds. The van der Waals surface area contributed by atoms with Crippen molar-refractivity contribution in [3.05, 3.63) is 53.6 Å². The smallest absolute Gasteiger partial charge is 0.203 e. The molecule has 1 heterocycles. The van der Waals surface area contributed by atoms with Crippen molar-refractivity contribution in [1.82, 2.24) is 0 Å². The van der Waals surface area contributed by atoms with Crippen LogP contribution in [-0.2, 0) is 6.42 Å². The Morgan fingerprint density at radius 2 is 1.86 bits per heavy atom. The Morgan fingerprint density at radius 3 is 2.57 bits per heavy atom. The molecule has 0 aromatic heterocycles. The molecule has 21 heavy (non-hydrogen) atoms. The second-order valence-electron chi connectivity index (χ2n) is 4.85. The summed E-state index contributed by atoms with van der Waals surface area (Å²) in [6, 6.07) is 12.9. The maximum atomic E-state index is 12.6. The highest BCUT2D eigenvalue weighted by atomic mass is 16.5. The molecule has 1 atom stereocenters. The lowest BCUT2D eigenvalue weighted by atomic mass is 10.0. The zero-order valence-corrected chi connectivity index (χ0v) is 12.0. The fraction of sp³-hybridized carbons (Fsp3) is 0.235. The van der Waals surface area contributed by atoms with Crippen LogP contribution in [0.2, 0.25) is 0 Å². The number of carbonyl (C=O) groups is 1. The van der Waals surface area contributed by atoms with E-state index in [9.17, 15) is 4.79 Å². The van der Waals surface area contributed by atoms with Gasteiger partial charge in [-0.25, -0.2) is 0 Å². The van der Waals surface area contributed by atoms with Crippen LogP contribution in [0.1, 0.15) is 15.9 Å². The van der Waals surface area contributed by atoms with Crippen LogP contribution in [-0.4, -0.2) is 26.1 Å². The summed E-state index contributed by atoms with van der Waals surface area (Å²) in [5.74, 6) is 1.88. The van der Waals surface area contributed by atoms with Crippen LogP contribution < -0.4 is 14.2 Å². The summed E-state index contributed by atoms with van der Waals surface area (Å²) in [4.78, 5) is 12.6. The number of ether oxygens (including phenoxy) is 3. The highest BCUT2D eigenvalue weighted by molar-refractivity contribution is 6.00. The van der Waals surface area contributed by atoms with E-state index in [1.807, 2.05) is 24.3 Å². The molecule has 2 aromatic carbocycles. The molecule has 0 radical (unpaired) electrons. The highest BCUT2D eigenvalue weighted by Gasteiger charge is 2.29. The van der Waals surface area contributed by atoms with E-state index in [4.69, 9.17) is 14.2 Å². The molecule has 1 aliphatic rings. The van der Waals surface area contributed by atoms with E-state index < -0.39 is 6.10 Å². The Kier molecular flexibility index (Phi) is 3.52. The van der Waals surface area contributed by atoms with Gasteiger partial charge in [-0.1, -0.05) is 18.2 Å². The van der Waals surface area contributed by atoms with Gasteiger partial charge in [-0.2, -0.15) is 0 Å². The lowest BCUT2D eigenvalue weighted by Crippen LogP contribution is -2.25. The standard InChI is InChI=1S/C17H16O4/c1-19-14-8-7-12(10-15(14)20-2)17(18)16-9-11-5-3-4-6-13(11)21-16/h3-8,10,16H,9H2,1-2H3. The molecule has 108 valence electrons. The lowest BCUT2D eigenvalue weighted by molar-refractivity contribution is 0.0824. The lowest BCUT2D eigenvalue weighted by Gasteiger charge is -2.12. The van der Waals surface area contributed by atoms with Crippen LogP contribution in [0.3, 0.4) is 0 Å². The monoisotopic (exact) mass is 284 g/mol. The third-order valence-corrected chi connectivity index (χ3v) is 3.61. The minimum Gasteiger partial charge on any atom is -0.493 e.